The minimum Gasteiger partial charge on any atom is -0.489 e. The van der Waals surface area contributed by atoms with Gasteiger partial charge in [-0.3, -0.25) is 4.79 Å². The maximum absolute atomic E-state index is 12.1. The summed E-state index contributed by atoms with van der Waals surface area (Å²) in [6.07, 6.45) is -0.391. The number of hydrogen-bond acceptors (Lipinski definition) is 7. The fraction of sp³-hybridized carbons (Fsp3) is 0.261. The van der Waals surface area contributed by atoms with Crippen LogP contribution in [-0.2, 0) is 19.1 Å². The fourth-order valence-electron chi connectivity index (χ4n) is 2.58. The molecule has 9 heteroatoms. The van der Waals surface area contributed by atoms with E-state index >= 15 is 0 Å². The molecule has 0 saturated heterocycles. The molecule has 8 nitrogen and oxygen atoms in total. The van der Waals surface area contributed by atoms with E-state index in [4.69, 9.17) is 19.3 Å². The number of hydrogen-bond donors (Lipinski definition) is 2. The highest BCUT2D eigenvalue weighted by Gasteiger charge is 2.17. The summed E-state index contributed by atoms with van der Waals surface area (Å²) < 4.78 is 16.1. The van der Waals surface area contributed by atoms with Crippen LogP contribution in [-0.4, -0.2) is 60.5 Å². The van der Waals surface area contributed by atoms with Crippen molar-refractivity contribution in [3.05, 3.63) is 67.3 Å². The Morgan fingerprint density at radius 2 is 1.81 bits per heavy atom. The molecule has 1 amide bonds. The van der Waals surface area contributed by atoms with Crippen molar-refractivity contribution < 1.29 is 33.7 Å². The van der Waals surface area contributed by atoms with Gasteiger partial charge in [-0.15, -0.1) is 11.8 Å². The number of alkyl carbamates (subject to hydrolysis) is 1. The van der Waals surface area contributed by atoms with Crippen molar-refractivity contribution in [2.75, 3.05) is 31.3 Å². The molecule has 0 aromatic heterocycles. The smallest absolute Gasteiger partial charge is 0.407 e. The molecule has 32 heavy (non-hydrogen) atoms. The van der Waals surface area contributed by atoms with Crippen molar-refractivity contribution >= 4 is 29.8 Å². The van der Waals surface area contributed by atoms with Gasteiger partial charge in [-0.2, -0.15) is 0 Å². The summed E-state index contributed by atoms with van der Waals surface area (Å²) in [5, 5.41) is 11.3. The highest BCUT2D eigenvalue weighted by atomic mass is 32.2. The van der Waals surface area contributed by atoms with Crippen LogP contribution in [0.5, 0.6) is 5.75 Å². The molecule has 0 fully saturated rings. The quantitative estimate of drug-likeness (QED) is 0.266. The Bertz CT molecular complexity index is 904. The summed E-state index contributed by atoms with van der Waals surface area (Å²) in [4.78, 5) is 33.9. The Hall–Kier alpha value is -3.46. The van der Waals surface area contributed by atoms with Crippen molar-refractivity contribution in [1.82, 2.24) is 5.32 Å². The molecule has 0 spiro atoms. The zero-order valence-corrected chi connectivity index (χ0v) is 18.2. The largest absolute Gasteiger partial charge is 0.489 e. The number of nitrogens with one attached hydrogen (secondary N) is 1. The first-order valence-electron chi connectivity index (χ1n) is 9.80. The average Bonchev–Trinajstić information content (AvgIpc) is 2.80. The Labute approximate surface area is 190 Å². The lowest BCUT2D eigenvalue weighted by atomic mass is 10.1. The number of carboxylic acid groups (broad SMARTS) is 1. The van der Waals surface area contributed by atoms with Gasteiger partial charge in [0.25, 0.3) is 0 Å². The van der Waals surface area contributed by atoms with E-state index in [1.165, 1.54) is 0 Å². The van der Waals surface area contributed by atoms with Gasteiger partial charge in [-0.05, 0) is 11.6 Å². The van der Waals surface area contributed by atoms with Crippen LogP contribution in [0.15, 0.2) is 67.3 Å². The molecular formula is C23H25NO7S. The van der Waals surface area contributed by atoms with Crippen molar-refractivity contribution in [3.8, 4) is 16.9 Å². The number of carbonyl (C=O) groups excluding carboxylic acids is 2. The zero-order chi connectivity index (χ0) is 23.2. The third kappa shape index (κ3) is 9.13. The number of aliphatic carboxylic acids is 1. The minimum absolute atomic E-state index is 0.0284. The Morgan fingerprint density at radius 3 is 2.53 bits per heavy atom. The molecule has 2 N–H and O–H groups in total. The molecule has 0 aliphatic rings. The van der Waals surface area contributed by atoms with Crippen LogP contribution in [0.2, 0.25) is 0 Å². The van der Waals surface area contributed by atoms with Crippen LogP contribution >= 0.6 is 11.8 Å². The number of para-hydroxylation sites is 1. The van der Waals surface area contributed by atoms with E-state index in [1.54, 1.807) is 0 Å². The minimum atomic E-state index is -0.961. The monoisotopic (exact) mass is 459 g/mol. The van der Waals surface area contributed by atoms with Crippen molar-refractivity contribution in [2.45, 2.75) is 6.10 Å². The Morgan fingerprint density at radius 1 is 1.09 bits per heavy atom. The van der Waals surface area contributed by atoms with E-state index in [0.717, 1.165) is 29.0 Å². The predicted molar refractivity (Wildman–Crippen MR) is 122 cm³/mol. The van der Waals surface area contributed by atoms with Gasteiger partial charge in [-0.1, -0.05) is 55.1 Å². The van der Waals surface area contributed by atoms with Crippen LogP contribution in [0.25, 0.3) is 11.1 Å². The molecule has 0 bridgehead atoms. The average molecular weight is 460 g/mol. The molecule has 0 unspecified atom stereocenters. The number of thioether (sulfide) groups is 1. The van der Waals surface area contributed by atoms with Crippen LogP contribution in [0.3, 0.4) is 0 Å². The molecule has 1 atom stereocenters. The molecular weight excluding hydrogens is 434 g/mol. The van der Waals surface area contributed by atoms with Crippen LogP contribution < -0.4 is 10.1 Å². The number of amides is 1. The zero-order valence-electron chi connectivity index (χ0n) is 17.4. The first-order valence-corrected chi connectivity index (χ1v) is 11.0. The number of carboxylic acids is 1. The maximum atomic E-state index is 12.1. The molecule has 2 rings (SSSR count). The fourth-order valence-corrected chi connectivity index (χ4v) is 3.30. The summed E-state index contributed by atoms with van der Waals surface area (Å²) in [7, 11) is 0. The van der Waals surface area contributed by atoms with Gasteiger partial charge in [0, 0.05) is 17.4 Å². The molecule has 0 aliphatic carbocycles. The van der Waals surface area contributed by atoms with Crippen LogP contribution in [0, 0.1) is 0 Å². The SMILES string of the molecule is C=CC(=O)OCCNC(=O)O[C@@H](COc1ccccc1-c1ccccc1)CSCC(=O)O. The Kier molecular flexibility index (Phi) is 10.7. The number of esters is 1. The van der Waals surface area contributed by atoms with Gasteiger partial charge >= 0.3 is 18.0 Å². The summed E-state index contributed by atoms with van der Waals surface area (Å²) in [6.45, 7) is 3.35. The van der Waals surface area contributed by atoms with E-state index < -0.39 is 24.1 Å². The maximum Gasteiger partial charge on any atom is 0.407 e. The van der Waals surface area contributed by atoms with Gasteiger partial charge in [0.15, 0.2) is 0 Å². The lowest BCUT2D eigenvalue weighted by Crippen LogP contribution is -2.35. The predicted octanol–water partition coefficient (Wildman–Crippen LogP) is 3.37. The van der Waals surface area contributed by atoms with Crippen molar-refractivity contribution in [2.24, 2.45) is 0 Å². The van der Waals surface area contributed by atoms with Crippen LogP contribution in [0.1, 0.15) is 0 Å². The van der Waals surface area contributed by atoms with Gasteiger partial charge in [0.2, 0.25) is 0 Å². The second-order valence-electron chi connectivity index (χ2n) is 6.41. The lowest BCUT2D eigenvalue weighted by Gasteiger charge is -2.19. The highest BCUT2D eigenvalue weighted by molar-refractivity contribution is 7.99. The third-order valence-corrected chi connectivity index (χ3v) is 5.04. The second-order valence-corrected chi connectivity index (χ2v) is 7.44. The number of benzene rings is 2. The lowest BCUT2D eigenvalue weighted by molar-refractivity contribution is -0.137. The first kappa shape index (κ1) is 24.8. The van der Waals surface area contributed by atoms with Crippen molar-refractivity contribution in [3.63, 3.8) is 0 Å². The molecule has 0 heterocycles. The van der Waals surface area contributed by atoms with Crippen LogP contribution in [0.4, 0.5) is 4.79 Å². The molecule has 2 aromatic rings. The van der Waals surface area contributed by atoms with Gasteiger partial charge in [0.1, 0.15) is 25.1 Å². The van der Waals surface area contributed by atoms with E-state index in [9.17, 15) is 14.4 Å². The second kappa shape index (κ2) is 13.8. The molecule has 0 saturated carbocycles. The van der Waals surface area contributed by atoms with E-state index in [-0.39, 0.29) is 31.3 Å². The molecule has 2 aromatic carbocycles. The number of rotatable bonds is 13. The summed E-state index contributed by atoms with van der Waals surface area (Å²) >= 11 is 1.12. The third-order valence-electron chi connectivity index (χ3n) is 3.98. The summed E-state index contributed by atoms with van der Waals surface area (Å²) in [5.41, 5.74) is 1.87. The van der Waals surface area contributed by atoms with Gasteiger partial charge in [0.05, 0.1) is 12.3 Å². The standard InChI is InChI=1S/C23H25NO7S/c1-2-22(27)29-13-12-24-23(28)31-18(15-32-16-21(25)26)14-30-20-11-7-6-10-19(20)17-8-4-3-5-9-17/h2-11,18H,1,12-16H2,(H,24,28)(H,25,26)/t18-/m0/s1. The van der Waals surface area contributed by atoms with E-state index in [2.05, 4.69) is 11.9 Å². The summed E-state index contributed by atoms with van der Waals surface area (Å²) in [6, 6.07) is 17.2. The van der Waals surface area contributed by atoms with Gasteiger partial charge < -0.3 is 24.6 Å². The normalized spacial score (nSPS) is 11.1. The Balaban J connectivity index is 1.95. The molecule has 0 radical (unpaired) electrons. The number of carbonyl (C=O) groups is 3. The summed E-state index contributed by atoms with van der Waals surface area (Å²) in [5.74, 6) is -0.823. The molecule has 0 aliphatic heterocycles. The topological polar surface area (TPSA) is 111 Å². The number of ether oxygens (including phenoxy) is 3. The van der Waals surface area contributed by atoms with E-state index in [1.807, 2.05) is 54.6 Å². The molecule has 170 valence electrons. The van der Waals surface area contributed by atoms with Gasteiger partial charge in [-0.25, -0.2) is 9.59 Å². The van der Waals surface area contributed by atoms with Crippen molar-refractivity contribution in [1.29, 1.82) is 0 Å². The highest BCUT2D eigenvalue weighted by Crippen LogP contribution is 2.29. The van der Waals surface area contributed by atoms with E-state index in [0.29, 0.717) is 5.75 Å². The first-order chi connectivity index (χ1) is 15.5.